The lowest BCUT2D eigenvalue weighted by atomic mass is 10.1. The quantitative estimate of drug-likeness (QED) is 0.242. The van der Waals surface area contributed by atoms with E-state index in [0.29, 0.717) is 5.95 Å². The Morgan fingerprint density at radius 1 is 0.553 bits per heavy atom. The molecule has 0 spiro atoms. The molecule has 0 aliphatic heterocycles. The minimum absolute atomic E-state index is 0.640. The number of benzene rings is 4. The first kappa shape index (κ1) is 21.2. The fourth-order valence-electron chi connectivity index (χ4n) is 5.37. The van der Waals surface area contributed by atoms with Crippen LogP contribution in [0.25, 0.3) is 70.4 Å². The van der Waals surface area contributed by atoms with Gasteiger partial charge in [-0.05, 0) is 35.9 Å². The van der Waals surface area contributed by atoms with Gasteiger partial charge in [0.1, 0.15) is 0 Å². The van der Waals surface area contributed by atoms with Crippen molar-refractivity contribution in [1.29, 1.82) is 0 Å². The van der Waals surface area contributed by atoms with E-state index in [4.69, 9.17) is 15.0 Å². The van der Waals surface area contributed by atoms with Crippen LogP contribution in [0.2, 0.25) is 0 Å². The molecule has 0 atom stereocenters. The van der Waals surface area contributed by atoms with E-state index in [2.05, 4.69) is 77.4 Å². The van der Waals surface area contributed by atoms with Crippen LogP contribution >= 0.6 is 11.3 Å². The van der Waals surface area contributed by atoms with Crippen molar-refractivity contribution in [2.24, 2.45) is 0 Å². The number of nitrogens with zero attached hydrogens (tertiary/aromatic N) is 4. The van der Waals surface area contributed by atoms with Crippen LogP contribution in [-0.2, 0) is 0 Å². The molecule has 0 radical (unpaired) electrons. The molecular formula is C33H20N4S. The molecule has 0 saturated carbocycles. The molecule has 5 heteroatoms. The molecule has 0 aliphatic rings. The zero-order valence-electron chi connectivity index (χ0n) is 20.2. The maximum Gasteiger partial charge on any atom is 0.234 e. The van der Waals surface area contributed by atoms with Crippen LogP contribution in [0.4, 0.5) is 0 Å². The van der Waals surface area contributed by atoms with Gasteiger partial charge in [-0.2, -0.15) is 0 Å². The lowest BCUT2D eigenvalue weighted by molar-refractivity contribution is 0.992. The van der Waals surface area contributed by atoms with Gasteiger partial charge in [0.2, 0.25) is 5.95 Å². The monoisotopic (exact) mass is 504 g/mol. The van der Waals surface area contributed by atoms with Crippen molar-refractivity contribution in [1.82, 2.24) is 19.5 Å². The largest absolute Gasteiger partial charge is 0.276 e. The standard InChI is InChI=1S/C33H20N4S/c1-3-9-21(10-4-1)23-19-34-33(35-20-23)37-27-17-16-26(22-11-5-2-6-12-22)36-31(27)25-15-18-29-30(32(25)37)24-13-7-8-14-28(24)38-29/h1-20H. The van der Waals surface area contributed by atoms with Gasteiger partial charge in [0.15, 0.2) is 0 Å². The number of thiophene rings is 1. The van der Waals surface area contributed by atoms with Gasteiger partial charge >= 0.3 is 0 Å². The number of hydrogen-bond acceptors (Lipinski definition) is 4. The Kier molecular flexibility index (Phi) is 4.66. The second-order valence-electron chi connectivity index (χ2n) is 9.34. The van der Waals surface area contributed by atoms with Crippen LogP contribution in [0.1, 0.15) is 0 Å². The average Bonchev–Trinajstić information content (AvgIpc) is 3.53. The normalized spacial score (nSPS) is 11.7. The van der Waals surface area contributed by atoms with Crippen molar-refractivity contribution in [2.45, 2.75) is 0 Å². The van der Waals surface area contributed by atoms with Crippen molar-refractivity contribution < 1.29 is 0 Å². The first-order valence-corrected chi connectivity index (χ1v) is 13.4. The third kappa shape index (κ3) is 3.19. The van der Waals surface area contributed by atoms with Gasteiger partial charge in [-0.15, -0.1) is 11.3 Å². The summed E-state index contributed by atoms with van der Waals surface area (Å²) in [6, 6.07) is 37.8. The Hall–Kier alpha value is -4.87. The van der Waals surface area contributed by atoms with Crippen molar-refractivity contribution in [3.63, 3.8) is 0 Å². The highest BCUT2D eigenvalue weighted by Crippen LogP contribution is 2.42. The predicted molar refractivity (Wildman–Crippen MR) is 158 cm³/mol. The number of fused-ring (bicyclic) bond motifs is 7. The summed E-state index contributed by atoms with van der Waals surface area (Å²) in [4.78, 5) is 14.9. The highest BCUT2D eigenvalue weighted by atomic mass is 32.1. The molecule has 4 heterocycles. The van der Waals surface area contributed by atoms with Crippen molar-refractivity contribution >= 4 is 53.4 Å². The molecule has 0 fully saturated rings. The third-order valence-corrected chi connectivity index (χ3v) is 8.26. The van der Waals surface area contributed by atoms with E-state index in [0.717, 1.165) is 44.3 Å². The maximum atomic E-state index is 5.18. The Bertz CT molecular complexity index is 2110. The summed E-state index contributed by atoms with van der Waals surface area (Å²) in [5, 5.41) is 3.56. The van der Waals surface area contributed by atoms with Crippen LogP contribution in [0.5, 0.6) is 0 Å². The van der Waals surface area contributed by atoms with E-state index in [1.54, 1.807) is 0 Å². The fourth-order valence-corrected chi connectivity index (χ4v) is 6.48. The number of aromatic nitrogens is 4. The minimum atomic E-state index is 0.640. The van der Waals surface area contributed by atoms with Crippen molar-refractivity contribution in [3.8, 4) is 28.3 Å². The molecule has 0 bridgehead atoms. The average molecular weight is 505 g/mol. The lowest BCUT2D eigenvalue weighted by Gasteiger charge is -2.08. The highest BCUT2D eigenvalue weighted by molar-refractivity contribution is 7.26. The minimum Gasteiger partial charge on any atom is -0.276 e. The van der Waals surface area contributed by atoms with E-state index in [9.17, 15) is 0 Å². The third-order valence-electron chi connectivity index (χ3n) is 7.12. The molecular weight excluding hydrogens is 484 g/mol. The van der Waals surface area contributed by atoms with Gasteiger partial charge in [-0.3, -0.25) is 4.57 Å². The van der Waals surface area contributed by atoms with Crippen molar-refractivity contribution in [2.75, 3.05) is 0 Å². The summed E-state index contributed by atoms with van der Waals surface area (Å²) in [7, 11) is 0. The molecule has 38 heavy (non-hydrogen) atoms. The van der Waals surface area contributed by atoms with E-state index in [-0.39, 0.29) is 0 Å². The van der Waals surface area contributed by atoms with Crippen molar-refractivity contribution in [3.05, 3.63) is 122 Å². The van der Waals surface area contributed by atoms with Crippen LogP contribution < -0.4 is 0 Å². The lowest BCUT2D eigenvalue weighted by Crippen LogP contribution is -2.01. The molecule has 8 aromatic rings. The molecule has 0 unspecified atom stereocenters. The molecule has 8 rings (SSSR count). The molecule has 4 nitrogen and oxygen atoms in total. The van der Waals surface area contributed by atoms with Crippen LogP contribution in [0.15, 0.2) is 122 Å². The predicted octanol–water partition coefficient (Wildman–Crippen LogP) is 8.67. The summed E-state index contributed by atoms with van der Waals surface area (Å²) in [5.41, 5.74) is 7.19. The van der Waals surface area contributed by atoms with Gasteiger partial charge < -0.3 is 0 Å². The first-order chi connectivity index (χ1) is 18.8. The van der Waals surface area contributed by atoms with Gasteiger partial charge in [0.25, 0.3) is 0 Å². The molecule has 4 aromatic carbocycles. The molecule has 4 aromatic heterocycles. The molecule has 0 saturated heterocycles. The van der Waals surface area contributed by atoms with E-state index in [1.807, 2.05) is 60.1 Å². The summed E-state index contributed by atoms with van der Waals surface area (Å²) >= 11 is 1.82. The fraction of sp³-hybridized carbons (Fsp3) is 0. The Balaban J connectivity index is 1.46. The van der Waals surface area contributed by atoms with E-state index in [1.165, 1.54) is 20.2 Å². The zero-order chi connectivity index (χ0) is 25.1. The first-order valence-electron chi connectivity index (χ1n) is 12.5. The van der Waals surface area contributed by atoms with Gasteiger partial charge in [0, 0.05) is 49.1 Å². The number of rotatable bonds is 3. The van der Waals surface area contributed by atoms with E-state index < -0.39 is 0 Å². The number of pyridine rings is 1. The van der Waals surface area contributed by atoms with Gasteiger partial charge in [0.05, 0.1) is 22.2 Å². The van der Waals surface area contributed by atoms with Crippen LogP contribution in [0.3, 0.4) is 0 Å². The molecule has 0 amide bonds. The Morgan fingerprint density at radius 2 is 1.26 bits per heavy atom. The summed E-state index contributed by atoms with van der Waals surface area (Å²) in [5.74, 6) is 0.640. The maximum absolute atomic E-state index is 5.18. The van der Waals surface area contributed by atoms with Crippen LogP contribution in [0, 0.1) is 0 Å². The SMILES string of the molecule is c1ccc(-c2cnc(-n3c4ccc(-c5ccccc5)nc4c4ccc5sc6ccccc6c5c43)nc2)cc1. The van der Waals surface area contributed by atoms with Gasteiger partial charge in [-0.1, -0.05) is 78.9 Å². The highest BCUT2D eigenvalue weighted by Gasteiger charge is 2.20. The molecule has 0 aliphatic carbocycles. The Morgan fingerprint density at radius 3 is 2.05 bits per heavy atom. The number of hydrogen-bond donors (Lipinski definition) is 0. The zero-order valence-corrected chi connectivity index (χ0v) is 21.1. The van der Waals surface area contributed by atoms with E-state index >= 15 is 0 Å². The van der Waals surface area contributed by atoms with Gasteiger partial charge in [-0.25, -0.2) is 15.0 Å². The second kappa shape index (κ2) is 8.33. The molecule has 178 valence electrons. The second-order valence-corrected chi connectivity index (χ2v) is 10.4. The topological polar surface area (TPSA) is 43.6 Å². The smallest absolute Gasteiger partial charge is 0.234 e. The van der Waals surface area contributed by atoms with Crippen LogP contribution in [-0.4, -0.2) is 19.5 Å². The summed E-state index contributed by atoms with van der Waals surface area (Å²) < 4.78 is 4.69. The summed E-state index contributed by atoms with van der Waals surface area (Å²) in [6.07, 6.45) is 3.82. The Labute approximate surface area is 222 Å². The summed E-state index contributed by atoms with van der Waals surface area (Å²) in [6.45, 7) is 0. The molecule has 0 N–H and O–H groups in total.